The molecular weight excluding hydrogens is 374 g/mol. The van der Waals surface area contributed by atoms with E-state index in [4.69, 9.17) is 5.11 Å². The molecule has 0 radical (unpaired) electrons. The molecule has 1 aromatic carbocycles. The van der Waals surface area contributed by atoms with Crippen LogP contribution in [0, 0.1) is 0 Å². The van der Waals surface area contributed by atoms with Crippen molar-refractivity contribution in [1.82, 2.24) is 4.72 Å². The van der Waals surface area contributed by atoms with Gasteiger partial charge in [-0.1, -0.05) is 15.9 Å². The van der Waals surface area contributed by atoms with Gasteiger partial charge in [0, 0.05) is 8.95 Å². The predicted octanol–water partition coefficient (Wildman–Crippen LogP) is 2.01. The van der Waals surface area contributed by atoms with E-state index in [0.717, 1.165) is 0 Å². The summed E-state index contributed by atoms with van der Waals surface area (Å²) < 4.78 is 28.0. The first-order chi connectivity index (χ1) is 7.88. The van der Waals surface area contributed by atoms with Crippen LogP contribution in [0.5, 0.6) is 0 Å². The molecular formula is C10H11Br2NO3S. The second kappa shape index (κ2) is 4.62. The Kier molecular flexibility index (Phi) is 3.66. The monoisotopic (exact) mass is 383 g/mol. The van der Waals surface area contributed by atoms with Crippen molar-refractivity contribution in [3.05, 3.63) is 27.1 Å². The zero-order valence-electron chi connectivity index (χ0n) is 8.78. The second-order valence-corrected chi connectivity index (χ2v) is 7.54. The van der Waals surface area contributed by atoms with E-state index >= 15 is 0 Å². The largest absolute Gasteiger partial charge is 0.394 e. The molecule has 0 bridgehead atoms. The highest BCUT2D eigenvalue weighted by atomic mass is 79.9. The summed E-state index contributed by atoms with van der Waals surface area (Å²) in [5.74, 6) is 0. The summed E-state index contributed by atoms with van der Waals surface area (Å²) in [6, 6.07) is 4.94. The molecule has 7 heteroatoms. The Morgan fingerprint density at radius 1 is 1.35 bits per heavy atom. The number of sulfonamides is 1. The van der Waals surface area contributed by atoms with E-state index in [9.17, 15) is 8.42 Å². The molecule has 0 heterocycles. The maximum absolute atomic E-state index is 12.1. The van der Waals surface area contributed by atoms with Crippen molar-refractivity contribution < 1.29 is 13.5 Å². The molecule has 0 aromatic heterocycles. The van der Waals surface area contributed by atoms with Gasteiger partial charge >= 0.3 is 0 Å². The van der Waals surface area contributed by atoms with Gasteiger partial charge in [0.05, 0.1) is 17.0 Å². The van der Waals surface area contributed by atoms with Crippen LogP contribution < -0.4 is 4.72 Å². The fourth-order valence-corrected chi connectivity index (χ4v) is 4.42. The minimum atomic E-state index is -3.61. The Morgan fingerprint density at radius 2 is 2.00 bits per heavy atom. The lowest BCUT2D eigenvalue weighted by Gasteiger charge is -2.15. The number of halogens is 2. The first kappa shape index (κ1) is 13.5. The highest BCUT2D eigenvalue weighted by Gasteiger charge is 2.45. The van der Waals surface area contributed by atoms with Gasteiger partial charge in [0.1, 0.15) is 0 Å². The molecule has 1 aliphatic carbocycles. The van der Waals surface area contributed by atoms with E-state index < -0.39 is 15.6 Å². The number of aliphatic hydroxyl groups excluding tert-OH is 1. The highest BCUT2D eigenvalue weighted by molar-refractivity contribution is 9.11. The number of aliphatic hydroxyl groups is 1. The average molecular weight is 385 g/mol. The molecule has 1 aromatic rings. The third kappa shape index (κ3) is 2.90. The van der Waals surface area contributed by atoms with Crippen LogP contribution in [0.4, 0.5) is 0 Å². The number of nitrogens with one attached hydrogen (secondary N) is 1. The standard InChI is InChI=1S/C10H11Br2NO3S/c11-7-1-2-8(12)9(5-7)17(15,16)13-10(6-14)3-4-10/h1-2,5,13-14H,3-4,6H2. The molecule has 0 saturated heterocycles. The van der Waals surface area contributed by atoms with Crippen molar-refractivity contribution in [2.45, 2.75) is 23.3 Å². The van der Waals surface area contributed by atoms with Crippen molar-refractivity contribution in [2.75, 3.05) is 6.61 Å². The summed E-state index contributed by atoms with van der Waals surface area (Å²) in [6.45, 7) is -0.169. The summed E-state index contributed by atoms with van der Waals surface area (Å²) in [5.41, 5.74) is -0.652. The molecule has 1 aliphatic rings. The Morgan fingerprint density at radius 3 is 2.53 bits per heavy atom. The van der Waals surface area contributed by atoms with Crippen LogP contribution in [0.15, 0.2) is 32.0 Å². The summed E-state index contributed by atoms with van der Waals surface area (Å²) in [4.78, 5) is 0.173. The van der Waals surface area contributed by atoms with Crippen molar-refractivity contribution in [1.29, 1.82) is 0 Å². The van der Waals surface area contributed by atoms with Gasteiger partial charge < -0.3 is 5.11 Å². The lowest BCUT2D eigenvalue weighted by Crippen LogP contribution is -2.39. The molecule has 0 aliphatic heterocycles. The van der Waals surface area contributed by atoms with Gasteiger partial charge in [-0.2, -0.15) is 0 Å². The summed E-state index contributed by atoms with van der Waals surface area (Å²) in [7, 11) is -3.61. The van der Waals surface area contributed by atoms with Gasteiger partial charge in [-0.15, -0.1) is 0 Å². The quantitative estimate of drug-likeness (QED) is 0.834. The van der Waals surface area contributed by atoms with Crippen LogP contribution in [0.2, 0.25) is 0 Å². The molecule has 2 rings (SSSR count). The van der Waals surface area contributed by atoms with E-state index in [2.05, 4.69) is 36.6 Å². The maximum atomic E-state index is 12.1. The zero-order valence-corrected chi connectivity index (χ0v) is 12.8. The van der Waals surface area contributed by atoms with E-state index in [0.29, 0.717) is 21.8 Å². The van der Waals surface area contributed by atoms with Gasteiger partial charge in [-0.3, -0.25) is 0 Å². The lowest BCUT2D eigenvalue weighted by molar-refractivity contribution is 0.246. The first-order valence-electron chi connectivity index (χ1n) is 4.98. The van der Waals surface area contributed by atoms with Gasteiger partial charge in [0.25, 0.3) is 0 Å². The molecule has 1 fully saturated rings. The van der Waals surface area contributed by atoms with E-state index in [-0.39, 0.29) is 11.5 Å². The van der Waals surface area contributed by atoms with Gasteiger partial charge in [-0.25, -0.2) is 13.1 Å². The normalized spacial score (nSPS) is 18.1. The Balaban J connectivity index is 2.35. The average Bonchev–Trinajstić information content (AvgIpc) is 3.01. The van der Waals surface area contributed by atoms with Crippen LogP contribution in [-0.4, -0.2) is 25.7 Å². The van der Waals surface area contributed by atoms with E-state index in [1.54, 1.807) is 12.1 Å². The summed E-state index contributed by atoms with van der Waals surface area (Å²) in [6.07, 6.45) is 1.35. The van der Waals surface area contributed by atoms with Gasteiger partial charge in [0.2, 0.25) is 10.0 Å². The summed E-state index contributed by atoms with van der Waals surface area (Å²) in [5, 5.41) is 9.14. The second-order valence-electron chi connectivity index (χ2n) is 4.12. The lowest BCUT2D eigenvalue weighted by atomic mass is 10.3. The van der Waals surface area contributed by atoms with E-state index in [1.807, 2.05) is 0 Å². The van der Waals surface area contributed by atoms with Gasteiger partial charge in [-0.05, 0) is 47.0 Å². The van der Waals surface area contributed by atoms with Crippen molar-refractivity contribution in [3.63, 3.8) is 0 Å². The first-order valence-corrected chi connectivity index (χ1v) is 8.05. The molecule has 0 unspecified atom stereocenters. The number of hydrogen-bond donors (Lipinski definition) is 2. The zero-order chi connectivity index (χ0) is 12.7. The SMILES string of the molecule is O=S(=O)(NC1(CO)CC1)c1cc(Br)ccc1Br. The fourth-order valence-electron chi connectivity index (χ4n) is 1.47. The Labute approximate surface area is 117 Å². The predicted molar refractivity (Wildman–Crippen MR) is 71.2 cm³/mol. The van der Waals surface area contributed by atoms with Crippen LogP contribution in [0.3, 0.4) is 0 Å². The maximum Gasteiger partial charge on any atom is 0.242 e. The Bertz CT molecular complexity index is 540. The van der Waals surface area contributed by atoms with Crippen LogP contribution >= 0.6 is 31.9 Å². The molecule has 0 spiro atoms. The smallest absolute Gasteiger partial charge is 0.242 e. The number of rotatable bonds is 4. The third-order valence-electron chi connectivity index (χ3n) is 2.69. The molecule has 17 heavy (non-hydrogen) atoms. The topological polar surface area (TPSA) is 66.4 Å². The Hall–Kier alpha value is 0.0500. The molecule has 2 N–H and O–H groups in total. The van der Waals surface area contributed by atoms with Crippen LogP contribution in [0.1, 0.15) is 12.8 Å². The third-order valence-corrected chi connectivity index (χ3v) is 5.76. The van der Waals surface area contributed by atoms with E-state index in [1.165, 1.54) is 6.07 Å². The minimum absolute atomic E-state index is 0.169. The summed E-state index contributed by atoms with van der Waals surface area (Å²) >= 11 is 6.45. The van der Waals surface area contributed by atoms with Gasteiger partial charge in [0.15, 0.2) is 0 Å². The molecule has 0 atom stereocenters. The van der Waals surface area contributed by atoms with Crippen LogP contribution in [-0.2, 0) is 10.0 Å². The minimum Gasteiger partial charge on any atom is -0.394 e. The molecule has 1 saturated carbocycles. The number of hydrogen-bond acceptors (Lipinski definition) is 3. The van der Waals surface area contributed by atoms with Crippen LogP contribution in [0.25, 0.3) is 0 Å². The molecule has 94 valence electrons. The van der Waals surface area contributed by atoms with Crippen molar-refractivity contribution in [2.24, 2.45) is 0 Å². The highest BCUT2D eigenvalue weighted by Crippen LogP contribution is 2.37. The number of benzene rings is 1. The van der Waals surface area contributed by atoms with Crippen molar-refractivity contribution in [3.8, 4) is 0 Å². The molecule has 0 amide bonds. The fraction of sp³-hybridized carbons (Fsp3) is 0.400. The van der Waals surface area contributed by atoms with Crippen molar-refractivity contribution >= 4 is 41.9 Å². The molecule has 4 nitrogen and oxygen atoms in total.